The predicted octanol–water partition coefficient (Wildman–Crippen LogP) is 3.95. The number of nitrogens with zero attached hydrogens (tertiary/aromatic N) is 3. The Balaban J connectivity index is 2.35. The zero-order valence-electron chi connectivity index (χ0n) is 8.71. The average molecular weight is 347 g/mol. The van der Waals surface area contributed by atoms with E-state index in [1.165, 1.54) is 11.8 Å². The van der Waals surface area contributed by atoms with Crippen molar-refractivity contribution in [2.24, 2.45) is 0 Å². The Bertz CT molecular complexity index is 594. The molecule has 5 nitrogen and oxygen atoms in total. The van der Waals surface area contributed by atoms with Crippen LogP contribution in [-0.2, 0) is 0 Å². The van der Waals surface area contributed by atoms with Crippen molar-refractivity contribution in [3.63, 3.8) is 0 Å². The molecule has 18 heavy (non-hydrogen) atoms. The first-order valence-electron chi connectivity index (χ1n) is 4.66. The summed E-state index contributed by atoms with van der Waals surface area (Å²) in [5.41, 5.74) is -0.160. The van der Waals surface area contributed by atoms with Crippen molar-refractivity contribution in [2.45, 2.75) is 9.92 Å². The number of hydrogen-bond donors (Lipinski definition) is 0. The Hall–Kier alpha value is -1.18. The first-order chi connectivity index (χ1) is 8.56. The van der Waals surface area contributed by atoms with Gasteiger partial charge in [0.1, 0.15) is 6.20 Å². The van der Waals surface area contributed by atoms with Gasteiger partial charge in [0.25, 0.3) is 0 Å². The van der Waals surface area contributed by atoms with E-state index in [0.717, 1.165) is 15.6 Å². The molecule has 0 saturated heterocycles. The third-order valence-electron chi connectivity index (χ3n) is 1.93. The molecule has 0 bridgehead atoms. The summed E-state index contributed by atoms with van der Waals surface area (Å²) in [5.74, 6) is 0. The normalized spacial score (nSPS) is 10.3. The van der Waals surface area contributed by atoms with Gasteiger partial charge in [0, 0.05) is 9.37 Å². The third kappa shape index (κ3) is 3.18. The molecule has 0 atom stereocenters. The van der Waals surface area contributed by atoms with Crippen molar-refractivity contribution < 1.29 is 4.92 Å². The second-order valence-electron chi connectivity index (χ2n) is 3.14. The summed E-state index contributed by atoms with van der Waals surface area (Å²) in [6.45, 7) is 0. The van der Waals surface area contributed by atoms with E-state index in [1.807, 2.05) is 24.3 Å². The quantitative estimate of drug-likeness (QED) is 0.364. The highest BCUT2D eigenvalue weighted by atomic mass is 79.9. The van der Waals surface area contributed by atoms with Gasteiger partial charge in [0.2, 0.25) is 5.28 Å². The number of halogens is 2. The van der Waals surface area contributed by atoms with Gasteiger partial charge in [-0.25, -0.2) is 9.97 Å². The van der Waals surface area contributed by atoms with Crippen molar-refractivity contribution in [1.29, 1.82) is 0 Å². The molecule has 8 heteroatoms. The number of hydrogen-bond acceptors (Lipinski definition) is 5. The van der Waals surface area contributed by atoms with Gasteiger partial charge in [0.15, 0.2) is 5.03 Å². The molecule has 0 unspecified atom stereocenters. The van der Waals surface area contributed by atoms with Crippen LogP contribution < -0.4 is 0 Å². The van der Waals surface area contributed by atoms with Gasteiger partial charge < -0.3 is 0 Å². The largest absolute Gasteiger partial charge is 0.319 e. The van der Waals surface area contributed by atoms with E-state index in [2.05, 4.69) is 25.9 Å². The highest BCUT2D eigenvalue weighted by Gasteiger charge is 2.17. The molecule has 0 aliphatic heterocycles. The number of rotatable bonds is 3. The maximum atomic E-state index is 10.8. The van der Waals surface area contributed by atoms with E-state index in [4.69, 9.17) is 11.6 Å². The Morgan fingerprint density at radius 3 is 2.61 bits per heavy atom. The lowest BCUT2D eigenvalue weighted by Gasteiger charge is -2.02. The van der Waals surface area contributed by atoms with Crippen LogP contribution in [0.3, 0.4) is 0 Å². The lowest BCUT2D eigenvalue weighted by atomic mass is 10.4. The lowest BCUT2D eigenvalue weighted by Crippen LogP contribution is -1.95. The van der Waals surface area contributed by atoms with Crippen molar-refractivity contribution in [3.8, 4) is 0 Å². The molecule has 1 aromatic carbocycles. The molecule has 0 aliphatic rings. The Morgan fingerprint density at radius 2 is 2.00 bits per heavy atom. The van der Waals surface area contributed by atoms with Crippen LogP contribution in [0.25, 0.3) is 0 Å². The van der Waals surface area contributed by atoms with Crippen molar-refractivity contribution in [2.75, 3.05) is 0 Å². The molecule has 0 radical (unpaired) electrons. The van der Waals surface area contributed by atoms with Crippen LogP contribution in [0.1, 0.15) is 0 Å². The van der Waals surface area contributed by atoms with Crippen LogP contribution >= 0.6 is 39.3 Å². The number of benzene rings is 1. The second-order valence-corrected chi connectivity index (χ2v) is 5.46. The number of nitro groups is 1. The van der Waals surface area contributed by atoms with E-state index < -0.39 is 4.92 Å². The maximum Gasteiger partial charge on any atom is 0.319 e. The molecule has 1 heterocycles. The third-order valence-corrected chi connectivity index (χ3v) is 3.64. The lowest BCUT2D eigenvalue weighted by molar-refractivity contribution is -0.388. The van der Waals surface area contributed by atoms with E-state index in [9.17, 15) is 10.1 Å². The van der Waals surface area contributed by atoms with Gasteiger partial charge >= 0.3 is 5.69 Å². The van der Waals surface area contributed by atoms with Gasteiger partial charge in [-0.2, -0.15) is 0 Å². The van der Waals surface area contributed by atoms with Crippen LogP contribution in [0.15, 0.2) is 44.9 Å². The summed E-state index contributed by atoms with van der Waals surface area (Å²) in [6.07, 6.45) is 1.11. The standard InChI is InChI=1S/C10H5BrClN3O2S/c11-6-1-3-7(4-2-6)18-9-8(15(16)17)5-13-10(12)14-9/h1-5H. The van der Waals surface area contributed by atoms with Crippen LogP contribution in [-0.4, -0.2) is 14.9 Å². The first kappa shape index (κ1) is 13.3. The molecule has 0 saturated carbocycles. The summed E-state index contributed by atoms with van der Waals surface area (Å²) >= 11 is 10.1. The highest BCUT2D eigenvalue weighted by molar-refractivity contribution is 9.10. The highest BCUT2D eigenvalue weighted by Crippen LogP contribution is 2.33. The fraction of sp³-hybridized carbons (Fsp3) is 0. The van der Waals surface area contributed by atoms with E-state index in [1.54, 1.807) is 0 Å². The molecule has 0 aliphatic carbocycles. The van der Waals surface area contributed by atoms with Crippen molar-refractivity contribution in [1.82, 2.24) is 9.97 Å². The van der Waals surface area contributed by atoms with Crippen molar-refractivity contribution >= 4 is 45.0 Å². The van der Waals surface area contributed by atoms with Crippen LogP contribution in [0.4, 0.5) is 5.69 Å². The molecule has 0 N–H and O–H groups in total. The minimum Gasteiger partial charge on any atom is -0.258 e. The molecule has 1 aromatic heterocycles. The fourth-order valence-corrected chi connectivity index (χ4v) is 2.46. The zero-order valence-corrected chi connectivity index (χ0v) is 11.9. The minimum atomic E-state index is -0.530. The van der Waals surface area contributed by atoms with Gasteiger partial charge in [-0.1, -0.05) is 27.7 Å². The predicted molar refractivity (Wildman–Crippen MR) is 72.0 cm³/mol. The molecular weight excluding hydrogens is 342 g/mol. The van der Waals surface area contributed by atoms with Crippen LogP contribution in [0.5, 0.6) is 0 Å². The van der Waals surface area contributed by atoms with E-state index in [-0.39, 0.29) is 16.0 Å². The zero-order chi connectivity index (χ0) is 13.1. The van der Waals surface area contributed by atoms with Crippen molar-refractivity contribution in [3.05, 3.63) is 50.3 Å². The average Bonchev–Trinajstić information content (AvgIpc) is 2.32. The molecule has 2 aromatic rings. The van der Waals surface area contributed by atoms with E-state index in [0.29, 0.717) is 0 Å². The van der Waals surface area contributed by atoms with Crippen LogP contribution in [0, 0.1) is 10.1 Å². The van der Waals surface area contributed by atoms with Gasteiger partial charge in [0.05, 0.1) is 4.92 Å². The molecule has 2 rings (SSSR count). The summed E-state index contributed by atoms with van der Waals surface area (Å²) in [7, 11) is 0. The fourth-order valence-electron chi connectivity index (χ4n) is 1.15. The van der Waals surface area contributed by atoms with Gasteiger partial charge in [-0.05, 0) is 35.9 Å². The second kappa shape index (κ2) is 5.64. The maximum absolute atomic E-state index is 10.8. The first-order valence-corrected chi connectivity index (χ1v) is 6.65. The molecule has 0 spiro atoms. The summed E-state index contributed by atoms with van der Waals surface area (Å²) in [5, 5.41) is 11.0. The Kier molecular flexibility index (Phi) is 4.15. The smallest absolute Gasteiger partial charge is 0.258 e. The summed E-state index contributed by atoms with van der Waals surface area (Å²) in [6, 6.07) is 7.34. The molecule has 0 fully saturated rings. The monoisotopic (exact) mass is 345 g/mol. The van der Waals surface area contributed by atoms with E-state index >= 15 is 0 Å². The van der Waals surface area contributed by atoms with Crippen LogP contribution in [0.2, 0.25) is 5.28 Å². The minimum absolute atomic E-state index is 0.0137. The summed E-state index contributed by atoms with van der Waals surface area (Å²) < 4.78 is 0.932. The SMILES string of the molecule is O=[N+]([O-])c1cnc(Cl)nc1Sc1ccc(Br)cc1. The molecular formula is C10H5BrClN3O2S. The number of aromatic nitrogens is 2. The molecule has 0 amide bonds. The van der Waals surface area contributed by atoms with Gasteiger partial charge in [-0.3, -0.25) is 10.1 Å². The molecule has 92 valence electrons. The Morgan fingerprint density at radius 1 is 1.33 bits per heavy atom. The summed E-state index contributed by atoms with van der Waals surface area (Å²) in [4.78, 5) is 18.6. The van der Waals surface area contributed by atoms with Gasteiger partial charge in [-0.15, -0.1) is 0 Å². The topological polar surface area (TPSA) is 68.9 Å². The Labute approximate surface area is 120 Å².